The van der Waals surface area contributed by atoms with Crippen molar-refractivity contribution in [3.63, 3.8) is 0 Å². The lowest BCUT2D eigenvalue weighted by Crippen LogP contribution is -2.20. The molecule has 0 aliphatic carbocycles. The number of nitrogens with one attached hydrogen (secondary N) is 4. The summed E-state index contributed by atoms with van der Waals surface area (Å²) in [7, 11) is 0. The summed E-state index contributed by atoms with van der Waals surface area (Å²) in [4.78, 5) is 45.5. The van der Waals surface area contributed by atoms with E-state index in [2.05, 4.69) is 31.3 Å². The van der Waals surface area contributed by atoms with E-state index in [1.165, 1.54) is 12.1 Å². The number of amides is 2. The highest BCUT2D eigenvalue weighted by Gasteiger charge is 2.23. The number of hydrogen-bond donors (Lipinski definition) is 4. The van der Waals surface area contributed by atoms with Crippen molar-refractivity contribution < 1.29 is 14.5 Å². The molecule has 0 bridgehead atoms. The average molecular weight is 498 g/mol. The summed E-state index contributed by atoms with van der Waals surface area (Å²) in [5.74, 6) is 0.398. The van der Waals surface area contributed by atoms with Crippen molar-refractivity contribution in [2.75, 3.05) is 36.8 Å². The van der Waals surface area contributed by atoms with Crippen LogP contribution < -0.4 is 21.3 Å². The number of carbonyl (C=O) groups excluding carboxylic acids is 2. The molecule has 5 rings (SSSR count). The van der Waals surface area contributed by atoms with E-state index < -0.39 is 22.4 Å². The highest BCUT2D eigenvalue weighted by atomic mass is 16.6. The van der Waals surface area contributed by atoms with Gasteiger partial charge in [0.2, 0.25) is 0 Å². The average Bonchev–Trinajstić information content (AvgIpc) is 3.64. The van der Waals surface area contributed by atoms with E-state index in [0.717, 1.165) is 48.5 Å². The van der Waals surface area contributed by atoms with Gasteiger partial charge in [-0.2, -0.15) is 0 Å². The first-order valence-electron chi connectivity index (χ1n) is 11.7. The van der Waals surface area contributed by atoms with E-state index in [0.29, 0.717) is 17.9 Å². The van der Waals surface area contributed by atoms with Gasteiger partial charge in [-0.1, -0.05) is 0 Å². The van der Waals surface area contributed by atoms with Gasteiger partial charge in [0.1, 0.15) is 17.2 Å². The Bertz CT molecular complexity index is 1430. The zero-order valence-electron chi connectivity index (χ0n) is 19.7. The van der Waals surface area contributed by atoms with Crippen molar-refractivity contribution in [3.8, 4) is 0 Å². The smallest absolute Gasteiger partial charge is 0.282 e. The van der Waals surface area contributed by atoms with Gasteiger partial charge in [0.05, 0.1) is 18.0 Å². The summed E-state index contributed by atoms with van der Waals surface area (Å²) in [5, 5.41) is 23.4. The number of aliphatic imine (C=N–C) groups is 2. The van der Waals surface area contributed by atoms with Crippen LogP contribution in [0.15, 0.2) is 76.7 Å². The standard InChI is InChI=1S/C26H23N7O4/c34-25(31-19-6-1-16(2-7-19)23-27-11-12-28-23)18-5-10-22(33(36)37)21(15-18)26(35)32-20-8-3-17(4-9-20)24-29-13-14-30-24/h1-10,15H,11-14H2,(H,27,28)(H,29,30)(H,31,34)(H,32,35). The van der Waals surface area contributed by atoms with Crippen LogP contribution in [0.1, 0.15) is 31.8 Å². The minimum absolute atomic E-state index is 0.113. The Balaban J connectivity index is 1.31. The highest BCUT2D eigenvalue weighted by Crippen LogP contribution is 2.23. The first-order valence-corrected chi connectivity index (χ1v) is 11.7. The molecule has 0 unspecified atom stereocenters. The normalized spacial score (nSPS) is 14.2. The van der Waals surface area contributed by atoms with Crippen molar-refractivity contribution in [2.24, 2.45) is 9.98 Å². The number of amidine groups is 2. The topological polar surface area (TPSA) is 150 Å². The number of nitro groups is 1. The second kappa shape index (κ2) is 10.3. The number of anilines is 2. The summed E-state index contributed by atoms with van der Waals surface area (Å²) < 4.78 is 0. The summed E-state index contributed by atoms with van der Waals surface area (Å²) in [6, 6.07) is 17.8. The van der Waals surface area contributed by atoms with Crippen molar-refractivity contribution in [1.82, 2.24) is 10.6 Å². The van der Waals surface area contributed by atoms with Gasteiger partial charge in [0, 0.05) is 47.2 Å². The molecule has 2 heterocycles. The predicted molar refractivity (Wildman–Crippen MR) is 141 cm³/mol. The molecule has 3 aromatic carbocycles. The Kier molecular flexibility index (Phi) is 6.58. The third-order valence-electron chi connectivity index (χ3n) is 5.88. The van der Waals surface area contributed by atoms with Crippen LogP contribution >= 0.6 is 0 Å². The molecule has 0 saturated carbocycles. The summed E-state index contributed by atoms with van der Waals surface area (Å²) >= 11 is 0. The second-order valence-corrected chi connectivity index (χ2v) is 8.37. The first-order chi connectivity index (χ1) is 18.0. The van der Waals surface area contributed by atoms with Crippen LogP contribution in [0.4, 0.5) is 17.1 Å². The summed E-state index contributed by atoms with van der Waals surface area (Å²) in [6.07, 6.45) is 0. The van der Waals surface area contributed by atoms with Gasteiger partial charge >= 0.3 is 0 Å². The molecule has 0 saturated heterocycles. The number of nitrogens with zero attached hydrogens (tertiary/aromatic N) is 3. The maximum atomic E-state index is 13.0. The van der Waals surface area contributed by atoms with Crippen LogP contribution in [0.2, 0.25) is 0 Å². The number of hydrogen-bond acceptors (Lipinski definition) is 8. The Morgan fingerprint density at radius 3 is 1.73 bits per heavy atom. The van der Waals surface area contributed by atoms with E-state index in [9.17, 15) is 19.7 Å². The minimum Gasteiger partial charge on any atom is -0.368 e. The first kappa shape index (κ1) is 23.7. The molecule has 4 N–H and O–H groups in total. The Hall–Kier alpha value is -5.06. The fraction of sp³-hybridized carbons (Fsp3) is 0.154. The van der Waals surface area contributed by atoms with E-state index in [-0.39, 0.29) is 11.1 Å². The van der Waals surface area contributed by atoms with E-state index in [1.807, 2.05) is 12.1 Å². The molecule has 37 heavy (non-hydrogen) atoms. The van der Waals surface area contributed by atoms with Crippen LogP contribution in [0.25, 0.3) is 0 Å². The zero-order valence-corrected chi connectivity index (χ0v) is 19.7. The van der Waals surface area contributed by atoms with Crippen LogP contribution in [-0.2, 0) is 0 Å². The molecular formula is C26H23N7O4. The molecule has 0 spiro atoms. The Morgan fingerprint density at radius 1 is 0.757 bits per heavy atom. The fourth-order valence-corrected chi connectivity index (χ4v) is 4.03. The van der Waals surface area contributed by atoms with Crippen LogP contribution in [-0.4, -0.2) is 54.6 Å². The fourth-order valence-electron chi connectivity index (χ4n) is 4.03. The second-order valence-electron chi connectivity index (χ2n) is 8.37. The largest absolute Gasteiger partial charge is 0.368 e. The lowest BCUT2D eigenvalue weighted by Gasteiger charge is -2.10. The van der Waals surface area contributed by atoms with E-state index in [4.69, 9.17) is 0 Å². The summed E-state index contributed by atoms with van der Waals surface area (Å²) in [6.45, 7) is 3.00. The van der Waals surface area contributed by atoms with Crippen molar-refractivity contribution >= 4 is 40.5 Å². The summed E-state index contributed by atoms with van der Waals surface area (Å²) in [5.41, 5.74) is 2.28. The monoisotopic (exact) mass is 497 g/mol. The number of rotatable bonds is 7. The minimum atomic E-state index is -0.695. The van der Waals surface area contributed by atoms with Gasteiger partial charge in [-0.15, -0.1) is 0 Å². The lowest BCUT2D eigenvalue weighted by atomic mass is 10.1. The molecule has 186 valence electrons. The molecule has 0 aromatic heterocycles. The van der Waals surface area contributed by atoms with Crippen LogP contribution in [0.5, 0.6) is 0 Å². The van der Waals surface area contributed by atoms with E-state index >= 15 is 0 Å². The molecule has 0 fully saturated rings. The van der Waals surface area contributed by atoms with Gasteiger partial charge in [0.25, 0.3) is 17.5 Å². The van der Waals surface area contributed by atoms with Crippen molar-refractivity contribution in [1.29, 1.82) is 0 Å². The van der Waals surface area contributed by atoms with Gasteiger partial charge in [-0.05, 0) is 60.7 Å². The van der Waals surface area contributed by atoms with Crippen LogP contribution in [0, 0.1) is 10.1 Å². The molecule has 2 aliphatic rings. The van der Waals surface area contributed by atoms with E-state index in [1.54, 1.807) is 36.4 Å². The highest BCUT2D eigenvalue weighted by molar-refractivity contribution is 6.11. The number of nitro benzene ring substituents is 1. The molecule has 2 amide bonds. The molecular weight excluding hydrogens is 474 g/mol. The van der Waals surface area contributed by atoms with Gasteiger partial charge in [0.15, 0.2) is 0 Å². The Labute approximate surface area is 211 Å². The molecule has 0 radical (unpaired) electrons. The van der Waals surface area contributed by atoms with Crippen molar-refractivity contribution in [2.45, 2.75) is 0 Å². The molecule has 0 atom stereocenters. The predicted octanol–water partition coefficient (Wildman–Crippen LogP) is 2.80. The third-order valence-corrected chi connectivity index (χ3v) is 5.88. The molecule has 11 nitrogen and oxygen atoms in total. The molecule has 3 aromatic rings. The maximum Gasteiger partial charge on any atom is 0.282 e. The quantitative estimate of drug-likeness (QED) is 0.291. The number of carbonyl (C=O) groups is 2. The van der Waals surface area contributed by atoms with Crippen LogP contribution in [0.3, 0.4) is 0 Å². The molecule has 11 heteroatoms. The van der Waals surface area contributed by atoms with Gasteiger partial charge < -0.3 is 21.3 Å². The molecule has 2 aliphatic heterocycles. The van der Waals surface area contributed by atoms with Gasteiger partial charge in [-0.25, -0.2) is 0 Å². The lowest BCUT2D eigenvalue weighted by molar-refractivity contribution is -0.385. The Morgan fingerprint density at radius 2 is 1.27 bits per heavy atom. The maximum absolute atomic E-state index is 13.0. The zero-order chi connectivity index (χ0) is 25.8. The SMILES string of the molecule is O=C(Nc1ccc(C2=NCCN2)cc1)c1ccc([N+](=O)[O-])c(C(=O)Nc2ccc(C3=NCCN3)cc2)c1. The van der Waals surface area contributed by atoms with Crippen molar-refractivity contribution in [3.05, 3.63) is 99.1 Å². The number of benzene rings is 3. The third kappa shape index (κ3) is 5.30. The van der Waals surface area contributed by atoms with Gasteiger partial charge in [-0.3, -0.25) is 29.7 Å².